The predicted octanol–water partition coefficient (Wildman–Crippen LogP) is 3.58. The molecule has 2 fully saturated rings. The number of piperidine rings is 2. The number of amides is 1. The highest BCUT2D eigenvalue weighted by atomic mass is 19.1. The van der Waals surface area contributed by atoms with Crippen molar-refractivity contribution < 1.29 is 33.3 Å². The minimum atomic E-state index is -1.05. The van der Waals surface area contributed by atoms with Crippen LogP contribution in [0.15, 0.2) is 48.5 Å². The zero-order valence-electron chi connectivity index (χ0n) is 23.5. The average Bonchev–Trinajstić information content (AvgIpc) is 3.00. The molecule has 0 aliphatic carbocycles. The van der Waals surface area contributed by atoms with E-state index in [4.69, 9.17) is 9.84 Å². The van der Waals surface area contributed by atoms with Crippen LogP contribution in [0.3, 0.4) is 0 Å². The number of aryl methyl sites for hydroxylation is 1. The van der Waals surface area contributed by atoms with Crippen LogP contribution in [0.4, 0.5) is 14.6 Å². The third-order valence-electron chi connectivity index (χ3n) is 8.36. The van der Waals surface area contributed by atoms with E-state index in [1.54, 1.807) is 23.1 Å². The van der Waals surface area contributed by atoms with Gasteiger partial charge in [0.1, 0.15) is 24.8 Å². The van der Waals surface area contributed by atoms with E-state index in [1.165, 1.54) is 6.07 Å². The maximum Gasteiger partial charge on any atom is 0.248 e. The second kappa shape index (κ2) is 12.9. The number of hydrogen-bond donors (Lipinski definition) is 1. The lowest BCUT2D eigenvalue weighted by Gasteiger charge is -2.33. The van der Waals surface area contributed by atoms with E-state index in [9.17, 15) is 19.1 Å². The van der Waals surface area contributed by atoms with E-state index in [0.29, 0.717) is 56.5 Å². The number of hydrogen-bond acceptors (Lipinski definition) is 7. The molecule has 5 rings (SSSR count). The van der Waals surface area contributed by atoms with Crippen molar-refractivity contribution in [3.8, 4) is 17.0 Å². The molecule has 3 aromatic rings. The van der Waals surface area contributed by atoms with Gasteiger partial charge >= 0.3 is 0 Å². The average molecular weight is 579 g/mol. The van der Waals surface area contributed by atoms with Crippen LogP contribution in [0.25, 0.3) is 11.3 Å². The summed E-state index contributed by atoms with van der Waals surface area (Å²) in [6, 6.07) is 13.3. The van der Waals surface area contributed by atoms with Gasteiger partial charge in [0, 0.05) is 49.7 Å². The summed E-state index contributed by atoms with van der Waals surface area (Å²) in [7, 11) is 0. The lowest BCUT2D eigenvalue weighted by molar-refractivity contribution is -0.312. The maximum absolute atomic E-state index is 15.1. The van der Waals surface area contributed by atoms with Crippen LogP contribution < -0.4 is 14.7 Å². The van der Waals surface area contributed by atoms with Crippen LogP contribution in [0.2, 0.25) is 0 Å². The molecule has 1 amide bonds. The van der Waals surface area contributed by atoms with E-state index < -0.39 is 30.1 Å². The zero-order chi connectivity index (χ0) is 29.8. The van der Waals surface area contributed by atoms with E-state index in [0.717, 1.165) is 35.6 Å². The number of likely N-dealkylation sites (tertiary alicyclic amines) is 1. The van der Waals surface area contributed by atoms with Crippen molar-refractivity contribution in [1.82, 2.24) is 9.88 Å². The molecule has 0 bridgehead atoms. The molecule has 2 aliphatic heterocycles. The van der Waals surface area contributed by atoms with Crippen LogP contribution >= 0.6 is 0 Å². The molecular formula is C32H34F2N3O5-. The van der Waals surface area contributed by atoms with Gasteiger partial charge in [-0.3, -0.25) is 4.79 Å². The molecule has 3 heterocycles. The summed E-state index contributed by atoms with van der Waals surface area (Å²) in [5.41, 5.74) is 3.54. The molecule has 1 N–H and O–H groups in total. The van der Waals surface area contributed by atoms with E-state index in [2.05, 4.69) is 11.1 Å². The number of halogens is 2. The van der Waals surface area contributed by atoms with Crippen LogP contribution in [0.5, 0.6) is 5.75 Å². The summed E-state index contributed by atoms with van der Waals surface area (Å²) in [4.78, 5) is 31.3. The summed E-state index contributed by atoms with van der Waals surface area (Å²) in [5.74, 6) is -2.56. The first-order valence-electron chi connectivity index (χ1n) is 14.3. The van der Waals surface area contributed by atoms with E-state index >= 15 is 4.39 Å². The molecule has 8 nitrogen and oxygen atoms in total. The molecule has 0 atom stereocenters. The molecular weight excluding hydrogens is 544 g/mol. The van der Waals surface area contributed by atoms with Crippen molar-refractivity contribution in [2.45, 2.75) is 45.1 Å². The Labute approximate surface area is 243 Å². The van der Waals surface area contributed by atoms with Crippen LogP contribution in [0, 0.1) is 24.5 Å². The third kappa shape index (κ3) is 6.54. The SMILES string of the molecule is Cc1cc(C2CCN(C(=O)CO)CC2)ccc1COc1c(F)cc(F)cc1-c1cccc(N2CCC(C(=O)[O-])CC2)n1. The number of aliphatic hydroxyl groups is 1. The highest BCUT2D eigenvalue weighted by molar-refractivity contribution is 5.77. The summed E-state index contributed by atoms with van der Waals surface area (Å²) in [6.45, 7) is 3.75. The number of carboxylic acid groups (broad SMARTS) is 1. The standard InChI is InChI=1S/C32H35F2N3O5/c1-20-15-23(21-7-13-37(14-8-21)30(39)18-38)5-6-24(20)19-42-31-26(16-25(33)17-27(31)34)28-3-2-4-29(35-28)36-11-9-22(10-12-36)32(40)41/h2-6,15-17,21-22,38H,7-14,18-19H2,1H3,(H,40,41)/p-1. The molecule has 0 saturated carbocycles. The molecule has 1 aromatic heterocycles. The van der Waals surface area contributed by atoms with Gasteiger partial charge in [0.15, 0.2) is 11.6 Å². The Balaban J connectivity index is 1.30. The molecule has 0 radical (unpaired) electrons. The fourth-order valence-corrected chi connectivity index (χ4v) is 5.84. The number of anilines is 1. The Morgan fingerprint density at radius 3 is 2.43 bits per heavy atom. The van der Waals surface area contributed by atoms with Crippen LogP contribution in [0.1, 0.15) is 48.3 Å². The van der Waals surface area contributed by atoms with Crippen LogP contribution in [-0.4, -0.2) is 59.7 Å². The quantitative estimate of drug-likeness (QED) is 0.436. The fourth-order valence-electron chi connectivity index (χ4n) is 5.84. The number of aliphatic hydroxyl groups excluding tert-OH is 1. The number of carbonyl (C=O) groups excluding carboxylic acids is 2. The van der Waals surface area contributed by atoms with E-state index in [1.807, 2.05) is 24.0 Å². The molecule has 2 aliphatic rings. The molecule has 222 valence electrons. The number of aromatic nitrogens is 1. The molecule has 0 spiro atoms. The minimum absolute atomic E-state index is 0.0710. The van der Waals surface area contributed by atoms with Crippen molar-refractivity contribution >= 4 is 17.7 Å². The number of carbonyl (C=O) groups is 2. The summed E-state index contributed by atoms with van der Waals surface area (Å²) >= 11 is 0. The molecule has 42 heavy (non-hydrogen) atoms. The predicted molar refractivity (Wildman–Crippen MR) is 151 cm³/mol. The van der Waals surface area contributed by atoms with Gasteiger partial charge in [-0.15, -0.1) is 0 Å². The Hall–Kier alpha value is -4.05. The Kier molecular flexibility index (Phi) is 9.01. The van der Waals surface area contributed by atoms with Crippen LogP contribution in [-0.2, 0) is 16.2 Å². The van der Waals surface area contributed by atoms with Gasteiger partial charge in [-0.05, 0) is 73.4 Å². The second-order valence-electron chi connectivity index (χ2n) is 11.0. The lowest BCUT2D eigenvalue weighted by atomic mass is 9.88. The van der Waals surface area contributed by atoms with Gasteiger partial charge in [0.25, 0.3) is 0 Å². The number of rotatable bonds is 8. The molecule has 0 unspecified atom stereocenters. The van der Waals surface area contributed by atoms with Crippen molar-refractivity contribution in [1.29, 1.82) is 0 Å². The van der Waals surface area contributed by atoms with Gasteiger partial charge in [-0.2, -0.15) is 0 Å². The first-order valence-corrected chi connectivity index (χ1v) is 14.3. The van der Waals surface area contributed by atoms with Crippen molar-refractivity contribution in [2.24, 2.45) is 5.92 Å². The largest absolute Gasteiger partial charge is 0.550 e. The normalized spacial score (nSPS) is 16.5. The molecule has 2 aromatic carbocycles. The highest BCUT2D eigenvalue weighted by Crippen LogP contribution is 2.35. The summed E-state index contributed by atoms with van der Waals surface area (Å²) in [5, 5.41) is 20.3. The Morgan fingerprint density at radius 1 is 1.02 bits per heavy atom. The Bertz CT molecular complexity index is 1450. The number of carboxylic acids is 1. The minimum Gasteiger partial charge on any atom is -0.550 e. The van der Waals surface area contributed by atoms with Gasteiger partial charge in [0.05, 0.1) is 5.69 Å². The first-order chi connectivity index (χ1) is 20.2. The van der Waals surface area contributed by atoms with Gasteiger partial charge in [-0.25, -0.2) is 13.8 Å². The van der Waals surface area contributed by atoms with Crippen molar-refractivity contribution in [3.05, 3.63) is 76.9 Å². The van der Waals surface area contributed by atoms with E-state index in [-0.39, 0.29) is 23.8 Å². The highest BCUT2D eigenvalue weighted by Gasteiger charge is 2.25. The fraction of sp³-hybridized carbons (Fsp3) is 0.406. The number of ether oxygens (including phenoxy) is 1. The number of pyridine rings is 1. The summed E-state index contributed by atoms with van der Waals surface area (Å²) in [6.07, 6.45) is 2.51. The second-order valence-corrected chi connectivity index (χ2v) is 11.0. The Morgan fingerprint density at radius 2 is 1.76 bits per heavy atom. The monoisotopic (exact) mass is 578 g/mol. The first kappa shape index (κ1) is 29.4. The molecule has 2 saturated heterocycles. The topological polar surface area (TPSA) is 106 Å². The van der Waals surface area contributed by atoms with Gasteiger partial charge in [-0.1, -0.05) is 24.3 Å². The third-order valence-corrected chi connectivity index (χ3v) is 8.36. The molecule has 10 heteroatoms. The van der Waals surface area contributed by atoms with Crippen molar-refractivity contribution in [2.75, 3.05) is 37.7 Å². The lowest BCUT2D eigenvalue weighted by Crippen LogP contribution is -2.41. The van der Waals surface area contributed by atoms with Gasteiger partial charge < -0.3 is 29.5 Å². The van der Waals surface area contributed by atoms with Crippen molar-refractivity contribution in [3.63, 3.8) is 0 Å². The zero-order valence-corrected chi connectivity index (χ0v) is 23.5. The maximum atomic E-state index is 15.1. The number of aliphatic carboxylic acids is 1. The number of nitrogens with zero attached hydrogens (tertiary/aromatic N) is 3. The summed E-state index contributed by atoms with van der Waals surface area (Å²) < 4.78 is 35.4. The van der Waals surface area contributed by atoms with Gasteiger partial charge in [0.2, 0.25) is 5.91 Å². The smallest absolute Gasteiger partial charge is 0.248 e. The number of benzene rings is 2.